The second-order valence-corrected chi connectivity index (χ2v) is 4.52. The minimum atomic E-state index is -0.369. The van der Waals surface area contributed by atoms with E-state index in [1.165, 1.54) is 25.3 Å². The molecule has 1 aromatic rings. The van der Waals surface area contributed by atoms with Gasteiger partial charge in [0, 0.05) is 12.5 Å². The van der Waals surface area contributed by atoms with Crippen molar-refractivity contribution in [1.29, 1.82) is 0 Å². The number of halogens is 1. The van der Waals surface area contributed by atoms with Gasteiger partial charge in [-0.05, 0) is 30.9 Å². The Morgan fingerprint density at radius 3 is 2.83 bits per heavy atom. The molecule has 0 saturated heterocycles. The zero-order chi connectivity index (χ0) is 12.8. The maximum atomic E-state index is 13.7. The third-order valence-corrected chi connectivity index (χ3v) is 3.11. The van der Waals surface area contributed by atoms with Gasteiger partial charge in [0.25, 0.3) is 0 Å². The molecular formula is C15H17FO2. The predicted molar refractivity (Wildman–Crippen MR) is 67.8 cm³/mol. The van der Waals surface area contributed by atoms with Crippen LogP contribution in [0.2, 0.25) is 0 Å². The molecule has 2 nitrogen and oxygen atoms in total. The fraction of sp³-hybridized carbons (Fsp3) is 0.467. The van der Waals surface area contributed by atoms with Crippen LogP contribution in [-0.4, -0.2) is 18.3 Å². The molecule has 1 fully saturated rings. The molecule has 0 amide bonds. The Bertz CT molecular complexity index is 455. The van der Waals surface area contributed by atoms with Crippen molar-refractivity contribution in [2.24, 2.45) is 5.92 Å². The van der Waals surface area contributed by atoms with Crippen LogP contribution in [0.1, 0.15) is 31.2 Å². The molecule has 0 unspecified atom stereocenters. The third kappa shape index (κ3) is 3.48. The average Bonchev–Trinajstić information content (AvgIpc) is 2.30. The first-order valence-corrected chi connectivity index (χ1v) is 6.31. The number of hydrogen-bond donors (Lipinski definition) is 1. The van der Waals surface area contributed by atoms with Crippen molar-refractivity contribution >= 4 is 0 Å². The summed E-state index contributed by atoms with van der Waals surface area (Å²) in [5.74, 6) is 6.22. The molecule has 96 valence electrons. The van der Waals surface area contributed by atoms with Crippen molar-refractivity contribution in [2.75, 3.05) is 13.2 Å². The molecule has 0 aliphatic heterocycles. The zero-order valence-electron chi connectivity index (χ0n) is 10.3. The van der Waals surface area contributed by atoms with Gasteiger partial charge in [-0.25, -0.2) is 4.39 Å². The first-order chi connectivity index (χ1) is 8.79. The minimum absolute atomic E-state index is 0.00278. The van der Waals surface area contributed by atoms with E-state index in [0.29, 0.717) is 30.3 Å². The summed E-state index contributed by atoms with van der Waals surface area (Å²) < 4.78 is 19.2. The van der Waals surface area contributed by atoms with Gasteiger partial charge in [0.2, 0.25) is 0 Å². The maximum Gasteiger partial charge on any atom is 0.142 e. The van der Waals surface area contributed by atoms with E-state index in [2.05, 4.69) is 11.8 Å². The van der Waals surface area contributed by atoms with Crippen LogP contribution in [0.15, 0.2) is 18.2 Å². The fourth-order valence-electron chi connectivity index (χ4n) is 1.77. The molecular weight excluding hydrogens is 231 g/mol. The van der Waals surface area contributed by atoms with Crippen molar-refractivity contribution in [3.8, 4) is 17.6 Å². The highest BCUT2D eigenvalue weighted by Gasteiger charge is 2.17. The summed E-state index contributed by atoms with van der Waals surface area (Å²) in [4.78, 5) is 0. The molecule has 0 spiro atoms. The summed E-state index contributed by atoms with van der Waals surface area (Å²) in [5.41, 5.74) is 0.347. The SMILES string of the molecule is OCCC#Cc1ccc(OCC2CCC2)cc1F. The van der Waals surface area contributed by atoms with Gasteiger partial charge in [0.05, 0.1) is 18.8 Å². The lowest BCUT2D eigenvalue weighted by atomic mass is 9.86. The zero-order valence-corrected chi connectivity index (χ0v) is 10.3. The lowest BCUT2D eigenvalue weighted by Crippen LogP contribution is -2.19. The second kappa shape index (κ2) is 6.42. The highest BCUT2D eigenvalue weighted by molar-refractivity contribution is 5.39. The number of aliphatic hydroxyl groups excluding tert-OH is 1. The molecule has 18 heavy (non-hydrogen) atoms. The summed E-state index contributed by atoms with van der Waals surface area (Å²) in [6.45, 7) is 0.673. The Morgan fingerprint density at radius 2 is 2.22 bits per heavy atom. The molecule has 1 saturated carbocycles. The summed E-state index contributed by atoms with van der Waals surface area (Å²) in [6, 6.07) is 4.74. The van der Waals surface area contributed by atoms with Crippen LogP contribution in [0.25, 0.3) is 0 Å². The highest BCUT2D eigenvalue weighted by atomic mass is 19.1. The first kappa shape index (κ1) is 12.9. The number of benzene rings is 1. The molecule has 0 aromatic heterocycles. The van der Waals surface area contributed by atoms with Gasteiger partial charge in [-0.2, -0.15) is 0 Å². The fourth-order valence-corrected chi connectivity index (χ4v) is 1.77. The first-order valence-electron chi connectivity index (χ1n) is 6.31. The largest absolute Gasteiger partial charge is 0.493 e. The predicted octanol–water partition coefficient (Wildman–Crippen LogP) is 2.74. The maximum absolute atomic E-state index is 13.7. The topological polar surface area (TPSA) is 29.5 Å². The number of aliphatic hydroxyl groups is 1. The minimum Gasteiger partial charge on any atom is -0.493 e. The Labute approximate surface area is 107 Å². The molecule has 3 heteroatoms. The van der Waals surface area contributed by atoms with Crippen LogP contribution in [0, 0.1) is 23.6 Å². The molecule has 0 bridgehead atoms. The standard InChI is InChI=1S/C15H17FO2/c16-15-10-14(18-11-12-4-3-5-12)8-7-13(15)6-1-2-9-17/h7-8,10,12,17H,2-5,9,11H2. The molecule has 1 aliphatic carbocycles. The van der Waals surface area contributed by atoms with Crippen molar-refractivity contribution in [1.82, 2.24) is 0 Å². The molecule has 1 aromatic carbocycles. The third-order valence-electron chi connectivity index (χ3n) is 3.11. The van der Waals surface area contributed by atoms with Gasteiger partial charge in [0.1, 0.15) is 11.6 Å². The van der Waals surface area contributed by atoms with Crippen molar-refractivity contribution in [3.05, 3.63) is 29.6 Å². The van der Waals surface area contributed by atoms with Gasteiger partial charge in [-0.3, -0.25) is 0 Å². The quantitative estimate of drug-likeness (QED) is 0.830. The Hall–Kier alpha value is -1.53. The highest BCUT2D eigenvalue weighted by Crippen LogP contribution is 2.27. The van der Waals surface area contributed by atoms with Gasteiger partial charge >= 0.3 is 0 Å². The van der Waals surface area contributed by atoms with Gasteiger partial charge in [0.15, 0.2) is 0 Å². The molecule has 0 heterocycles. The Morgan fingerprint density at radius 1 is 1.39 bits per heavy atom. The van der Waals surface area contributed by atoms with E-state index in [4.69, 9.17) is 9.84 Å². The van der Waals surface area contributed by atoms with E-state index >= 15 is 0 Å². The van der Waals surface area contributed by atoms with E-state index in [9.17, 15) is 4.39 Å². The van der Waals surface area contributed by atoms with Crippen LogP contribution < -0.4 is 4.74 Å². The molecule has 1 N–H and O–H groups in total. The van der Waals surface area contributed by atoms with Crippen LogP contribution >= 0.6 is 0 Å². The van der Waals surface area contributed by atoms with Gasteiger partial charge in [-0.1, -0.05) is 18.3 Å². The Balaban J connectivity index is 1.93. The monoisotopic (exact) mass is 248 g/mol. The molecule has 0 atom stereocenters. The normalized spacial score (nSPS) is 14.6. The lowest BCUT2D eigenvalue weighted by Gasteiger charge is -2.25. The van der Waals surface area contributed by atoms with Gasteiger partial charge in [-0.15, -0.1) is 0 Å². The molecule has 0 radical (unpaired) electrons. The van der Waals surface area contributed by atoms with E-state index in [1.54, 1.807) is 12.1 Å². The molecule has 2 rings (SSSR count). The summed E-state index contributed by atoms with van der Waals surface area (Å²) in [6.07, 6.45) is 4.07. The second-order valence-electron chi connectivity index (χ2n) is 4.52. The molecule has 1 aliphatic rings. The van der Waals surface area contributed by atoms with Crippen LogP contribution in [-0.2, 0) is 0 Å². The van der Waals surface area contributed by atoms with E-state index in [-0.39, 0.29) is 12.4 Å². The van der Waals surface area contributed by atoms with Crippen molar-refractivity contribution in [2.45, 2.75) is 25.7 Å². The van der Waals surface area contributed by atoms with Crippen molar-refractivity contribution in [3.63, 3.8) is 0 Å². The van der Waals surface area contributed by atoms with E-state index in [0.717, 1.165) is 0 Å². The van der Waals surface area contributed by atoms with E-state index < -0.39 is 0 Å². The summed E-state index contributed by atoms with van der Waals surface area (Å²) in [7, 11) is 0. The van der Waals surface area contributed by atoms with Gasteiger partial charge < -0.3 is 9.84 Å². The Kier molecular flexibility index (Phi) is 4.60. The summed E-state index contributed by atoms with van der Waals surface area (Å²) in [5, 5.41) is 8.59. The summed E-state index contributed by atoms with van der Waals surface area (Å²) >= 11 is 0. The van der Waals surface area contributed by atoms with Crippen molar-refractivity contribution < 1.29 is 14.2 Å². The lowest BCUT2D eigenvalue weighted by molar-refractivity contribution is 0.180. The van der Waals surface area contributed by atoms with E-state index in [1.807, 2.05) is 0 Å². The van der Waals surface area contributed by atoms with Crippen LogP contribution in [0.4, 0.5) is 4.39 Å². The number of rotatable bonds is 4. The number of ether oxygens (including phenoxy) is 1. The smallest absolute Gasteiger partial charge is 0.142 e. The van der Waals surface area contributed by atoms with Crippen LogP contribution in [0.5, 0.6) is 5.75 Å². The van der Waals surface area contributed by atoms with Crippen LogP contribution in [0.3, 0.4) is 0 Å². The average molecular weight is 248 g/mol. The number of hydrogen-bond acceptors (Lipinski definition) is 2.